The van der Waals surface area contributed by atoms with Gasteiger partial charge in [-0.3, -0.25) is 9.48 Å². The molecule has 0 radical (unpaired) electrons. The Morgan fingerprint density at radius 2 is 2.24 bits per heavy atom. The summed E-state index contributed by atoms with van der Waals surface area (Å²) in [6.07, 6.45) is 5.28. The van der Waals surface area contributed by atoms with Crippen LogP contribution in [-0.2, 0) is 4.79 Å². The molecule has 1 aromatic rings. The molecule has 0 aliphatic carbocycles. The Hall–Kier alpha value is -1.36. The third kappa shape index (κ3) is 2.66. The van der Waals surface area contributed by atoms with Gasteiger partial charge in [0.2, 0.25) is 5.91 Å². The van der Waals surface area contributed by atoms with E-state index in [9.17, 15) is 4.79 Å². The maximum atomic E-state index is 12.2. The van der Waals surface area contributed by atoms with E-state index in [0.717, 1.165) is 25.9 Å². The Balaban J connectivity index is 1.93. The van der Waals surface area contributed by atoms with Crippen LogP contribution in [0, 0.1) is 5.92 Å². The van der Waals surface area contributed by atoms with Crippen molar-refractivity contribution in [1.29, 1.82) is 0 Å². The Morgan fingerprint density at radius 1 is 1.53 bits per heavy atom. The van der Waals surface area contributed by atoms with E-state index in [1.165, 1.54) is 0 Å². The monoisotopic (exact) mass is 237 g/mol. The number of amides is 1. The van der Waals surface area contributed by atoms with Gasteiger partial charge in [-0.05, 0) is 31.7 Å². The average Bonchev–Trinajstić information content (AvgIpc) is 2.91. The number of hydrogen-bond acceptors (Lipinski definition) is 3. The van der Waals surface area contributed by atoms with Crippen molar-refractivity contribution in [1.82, 2.24) is 14.7 Å². The van der Waals surface area contributed by atoms with E-state index in [-0.39, 0.29) is 18.6 Å². The van der Waals surface area contributed by atoms with Crippen molar-refractivity contribution in [3.63, 3.8) is 0 Å². The second kappa shape index (κ2) is 5.31. The second-order valence-electron chi connectivity index (χ2n) is 4.61. The minimum absolute atomic E-state index is 0.116. The highest BCUT2D eigenvalue weighted by atomic mass is 16.3. The van der Waals surface area contributed by atoms with Crippen LogP contribution in [0.15, 0.2) is 18.5 Å². The molecule has 1 N–H and O–H groups in total. The summed E-state index contributed by atoms with van der Waals surface area (Å²) < 4.78 is 1.68. The van der Waals surface area contributed by atoms with Gasteiger partial charge in [-0.1, -0.05) is 0 Å². The number of carbonyl (C=O) groups excluding carboxylic acids is 1. The van der Waals surface area contributed by atoms with Crippen LogP contribution in [-0.4, -0.2) is 45.4 Å². The number of aliphatic hydroxyl groups is 1. The van der Waals surface area contributed by atoms with Crippen LogP contribution >= 0.6 is 0 Å². The van der Waals surface area contributed by atoms with Crippen molar-refractivity contribution in [2.75, 3.05) is 19.7 Å². The topological polar surface area (TPSA) is 58.4 Å². The van der Waals surface area contributed by atoms with E-state index in [2.05, 4.69) is 5.10 Å². The molecule has 94 valence electrons. The van der Waals surface area contributed by atoms with Crippen LogP contribution in [0.1, 0.15) is 25.8 Å². The fraction of sp³-hybridized carbons (Fsp3) is 0.667. The fourth-order valence-corrected chi connectivity index (χ4v) is 2.22. The van der Waals surface area contributed by atoms with Gasteiger partial charge in [0.25, 0.3) is 0 Å². The number of hydrogen-bond donors (Lipinski definition) is 1. The van der Waals surface area contributed by atoms with Gasteiger partial charge in [-0.25, -0.2) is 0 Å². The standard InChI is InChI=1S/C12H19N3O2/c1-10(15-6-2-5-13-15)12(17)14-7-3-11(9-16)4-8-14/h2,5-6,10-11,16H,3-4,7-9H2,1H3. The smallest absolute Gasteiger partial charge is 0.247 e. The highest BCUT2D eigenvalue weighted by molar-refractivity contribution is 5.80. The Kier molecular flexibility index (Phi) is 3.78. The van der Waals surface area contributed by atoms with Crippen LogP contribution in [0.25, 0.3) is 0 Å². The maximum Gasteiger partial charge on any atom is 0.247 e. The molecular formula is C12H19N3O2. The Bertz CT molecular complexity index is 356. The average molecular weight is 237 g/mol. The van der Waals surface area contributed by atoms with Crippen LogP contribution in [0.4, 0.5) is 0 Å². The number of aromatic nitrogens is 2. The highest BCUT2D eigenvalue weighted by Gasteiger charge is 2.26. The predicted octanol–water partition coefficient (Wildman–Crippen LogP) is 0.675. The molecule has 17 heavy (non-hydrogen) atoms. The number of nitrogens with zero attached hydrogens (tertiary/aromatic N) is 3. The summed E-state index contributed by atoms with van der Waals surface area (Å²) in [6, 6.07) is 1.58. The third-order valence-electron chi connectivity index (χ3n) is 3.46. The molecule has 1 saturated heterocycles. The summed E-state index contributed by atoms with van der Waals surface area (Å²) in [4.78, 5) is 14.1. The lowest BCUT2D eigenvalue weighted by molar-refractivity contribution is -0.136. The molecular weight excluding hydrogens is 218 g/mol. The van der Waals surface area contributed by atoms with Gasteiger partial charge >= 0.3 is 0 Å². The molecule has 0 saturated carbocycles. The molecule has 1 aromatic heterocycles. The van der Waals surface area contributed by atoms with Crippen molar-refractivity contribution in [2.24, 2.45) is 5.92 Å². The first-order valence-electron chi connectivity index (χ1n) is 6.11. The zero-order chi connectivity index (χ0) is 12.3. The van der Waals surface area contributed by atoms with E-state index >= 15 is 0 Å². The van der Waals surface area contributed by atoms with Crippen molar-refractivity contribution in [2.45, 2.75) is 25.8 Å². The quantitative estimate of drug-likeness (QED) is 0.840. The SMILES string of the molecule is CC(C(=O)N1CCC(CO)CC1)n1cccn1. The van der Waals surface area contributed by atoms with Gasteiger partial charge in [0, 0.05) is 32.1 Å². The number of piperidine rings is 1. The van der Waals surface area contributed by atoms with Crippen molar-refractivity contribution in [3.8, 4) is 0 Å². The lowest BCUT2D eigenvalue weighted by atomic mass is 9.97. The van der Waals surface area contributed by atoms with E-state index in [0.29, 0.717) is 5.92 Å². The molecule has 1 fully saturated rings. The molecule has 2 heterocycles. The summed E-state index contributed by atoms with van der Waals surface area (Å²) in [7, 11) is 0. The first kappa shape index (κ1) is 12.1. The van der Waals surface area contributed by atoms with Gasteiger partial charge in [-0.2, -0.15) is 5.10 Å². The summed E-state index contributed by atoms with van der Waals surface area (Å²) in [6.45, 7) is 3.59. The van der Waals surface area contributed by atoms with Gasteiger partial charge < -0.3 is 10.0 Å². The van der Waals surface area contributed by atoms with Gasteiger partial charge in [0.05, 0.1) is 0 Å². The summed E-state index contributed by atoms with van der Waals surface area (Å²) in [5.74, 6) is 0.476. The van der Waals surface area contributed by atoms with Crippen LogP contribution in [0.5, 0.6) is 0 Å². The molecule has 0 bridgehead atoms. The second-order valence-corrected chi connectivity index (χ2v) is 4.61. The van der Waals surface area contributed by atoms with Crippen LogP contribution in [0.2, 0.25) is 0 Å². The van der Waals surface area contributed by atoms with Crippen LogP contribution in [0.3, 0.4) is 0 Å². The molecule has 0 spiro atoms. The molecule has 1 aliphatic rings. The molecule has 1 amide bonds. The third-order valence-corrected chi connectivity index (χ3v) is 3.46. The van der Waals surface area contributed by atoms with Crippen molar-refractivity contribution >= 4 is 5.91 Å². The molecule has 5 nitrogen and oxygen atoms in total. The van der Waals surface area contributed by atoms with E-state index < -0.39 is 0 Å². The molecule has 1 atom stereocenters. The first-order chi connectivity index (χ1) is 8.22. The lowest BCUT2D eigenvalue weighted by Crippen LogP contribution is -2.42. The number of carbonyl (C=O) groups is 1. The summed E-state index contributed by atoms with van der Waals surface area (Å²) in [5, 5.41) is 13.2. The van der Waals surface area contributed by atoms with E-state index in [4.69, 9.17) is 5.11 Å². The first-order valence-corrected chi connectivity index (χ1v) is 6.11. The van der Waals surface area contributed by atoms with Gasteiger partial charge in [0.15, 0.2) is 0 Å². The number of likely N-dealkylation sites (tertiary alicyclic amines) is 1. The minimum atomic E-state index is -0.240. The maximum absolute atomic E-state index is 12.2. The molecule has 1 aliphatic heterocycles. The molecule has 0 aromatic carbocycles. The minimum Gasteiger partial charge on any atom is -0.396 e. The largest absolute Gasteiger partial charge is 0.396 e. The lowest BCUT2D eigenvalue weighted by Gasteiger charge is -2.32. The van der Waals surface area contributed by atoms with Crippen molar-refractivity contribution < 1.29 is 9.90 Å². The van der Waals surface area contributed by atoms with Gasteiger partial charge in [-0.15, -0.1) is 0 Å². The predicted molar refractivity (Wildman–Crippen MR) is 63.3 cm³/mol. The fourth-order valence-electron chi connectivity index (χ4n) is 2.22. The molecule has 5 heteroatoms. The number of rotatable bonds is 3. The Labute approximate surface area is 101 Å². The number of aliphatic hydroxyl groups excluding tert-OH is 1. The summed E-state index contributed by atoms with van der Waals surface area (Å²) >= 11 is 0. The molecule has 1 unspecified atom stereocenters. The van der Waals surface area contributed by atoms with Crippen LogP contribution < -0.4 is 0 Å². The molecule has 2 rings (SSSR count). The summed E-state index contributed by atoms with van der Waals surface area (Å²) in [5.41, 5.74) is 0. The zero-order valence-corrected chi connectivity index (χ0v) is 10.1. The van der Waals surface area contributed by atoms with Crippen molar-refractivity contribution in [3.05, 3.63) is 18.5 Å². The Morgan fingerprint density at radius 3 is 2.76 bits per heavy atom. The highest BCUT2D eigenvalue weighted by Crippen LogP contribution is 2.19. The van der Waals surface area contributed by atoms with E-state index in [1.54, 1.807) is 10.9 Å². The zero-order valence-electron chi connectivity index (χ0n) is 10.1. The normalized spacial score (nSPS) is 19.3. The van der Waals surface area contributed by atoms with E-state index in [1.807, 2.05) is 24.1 Å². The van der Waals surface area contributed by atoms with Gasteiger partial charge in [0.1, 0.15) is 6.04 Å².